The number of imidazole rings is 1. The molecule has 2 aromatic carbocycles. The van der Waals surface area contributed by atoms with Crippen molar-refractivity contribution in [3.05, 3.63) is 58.1 Å². The van der Waals surface area contributed by atoms with Gasteiger partial charge in [0.2, 0.25) is 5.62 Å². The highest BCUT2D eigenvalue weighted by molar-refractivity contribution is 8.93. The third kappa shape index (κ3) is 3.57. The Morgan fingerprint density at radius 3 is 2.48 bits per heavy atom. The summed E-state index contributed by atoms with van der Waals surface area (Å²) in [5.41, 5.74) is 2.18. The Bertz CT molecular complexity index is 871. The molecule has 0 aliphatic rings. The molecule has 122 valence electrons. The van der Waals surface area contributed by atoms with Gasteiger partial charge < -0.3 is 13.9 Å². The van der Waals surface area contributed by atoms with Crippen molar-refractivity contribution in [1.82, 2.24) is 9.13 Å². The Balaban J connectivity index is 0.00000192. The standard InChI is InChI=1S/C16H15Cl2N3O.BrH/c1-20-14-4-2-3-13(18)15(14)21(16(20)19)9-10-22-12-7-5-11(17)6-8-12;/h2-8,19H,9-10H2,1H3;1H. The van der Waals surface area contributed by atoms with E-state index in [-0.39, 0.29) is 17.0 Å². The zero-order chi connectivity index (χ0) is 15.7. The summed E-state index contributed by atoms with van der Waals surface area (Å²) in [4.78, 5) is 0. The van der Waals surface area contributed by atoms with Crippen LogP contribution in [0.3, 0.4) is 0 Å². The quantitative estimate of drug-likeness (QED) is 0.671. The van der Waals surface area contributed by atoms with E-state index in [4.69, 9.17) is 33.3 Å². The third-order valence-corrected chi connectivity index (χ3v) is 4.12. The van der Waals surface area contributed by atoms with E-state index in [1.165, 1.54) is 0 Å². The summed E-state index contributed by atoms with van der Waals surface area (Å²) in [6.07, 6.45) is 0. The van der Waals surface area contributed by atoms with Crippen molar-refractivity contribution in [2.24, 2.45) is 7.05 Å². The van der Waals surface area contributed by atoms with Gasteiger partial charge in [-0.1, -0.05) is 29.3 Å². The summed E-state index contributed by atoms with van der Waals surface area (Å²) in [7, 11) is 1.86. The molecule has 3 aromatic rings. The van der Waals surface area contributed by atoms with E-state index < -0.39 is 0 Å². The molecule has 0 saturated carbocycles. The molecule has 7 heteroatoms. The van der Waals surface area contributed by atoms with Gasteiger partial charge in [0.05, 0.1) is 22.6 Å². The van der Waals surface area contributed by atoms with Crippen LogP contribution in [0.2, 0.25) is 10.0 Å². The first-order chi connectivity index (χ1) is 10.6. The summed E-state index contributed by atoms with van der Waals surface area (Å²) >= 11 is 12.1. The van der Waals surface area contributed by atoms with Gasteiger partial charge in [-0.15, -0.1) is 17.0 Å². The van der Waals surface area contributed by atoms with Crippen molar-refractivity contribution >= 4 is 51.2 Å². The van der Waals surface area contributed by atoms with Crippen LogP contribution in [0.4, 0.5) is 0 Å². The number of rotatable bonds is 4. The van der Waals surface area contributed by atoms with Crippen LogP contribution in [-0.4, -0.2) is 15.7 Å². The fourth-order valence-electron chi connectivity index (χ4n) is 2.45. The first kappa shape index (κ1) is 17.9. The second kappa shape index (κ2) is 7.43. The Labute approximate surface area is 154 Å². The molecule has 23 heavy (non-hydrogen) atoms. The summed E-state index contributed by atoms with van der Waals surface area (Å²) in [5.74, 6) is 0.753. The molecule has 0 atom stereocenters. The second-order valence-electron chi connectivity index (χ2n) is 4.94. The molecule has 0 unspecified atom stereocenters. The van der Waals surface area contributed by atoms with Crippen molar-refractivity contribution in [2.45, 2.75) is 6.54 Å². The average Bonchev–Trinajstić information content (AvgIpc) is 2.76. The Hall–Kier alpha value is -1.43. The number of hydrogen-bond donors (Lipinski definition) is 1. The zero-order valence-electron chi connectivity index (χ0n) is 12.4. The highest BCUT2D eigenvalue weighted by Gasteiger charge is 2.11. The number of nitrogens with zero attached hydrogens (tertiary/aromatic N) is 2. The van der Waals surface area contributed by atoms with Crippen LogP contribution in [0.15, 0.2) is 42.5 Å². The van der Waals surface area contributed by atoms with Gasteiger partial charge in [0, 0.05) is 12.1 Å². The molecule has 0 spiro atoms. The van der Waals surface area contributed by atoms with E-state index in [1.54, 1.807) is 12.1 Å². The third-order valence-electron chi connectivity index (χ3n) is 3.57. The SMILES string of the molecule is Br.Cn1c(=N)n(CCOc2ccc(Cl)cc2)c2c(Cl)cccc21. The van der Waals surface area contributed by atoms with Crippen LogP contribution < -0.4 is 10.4 Å². The van der Waals surface area contributed by atoms with E-state index >= 15 is 0 Å². The first-order valence-electron chi connectivity index (χ1n) is 6.84. The van der Waals surface area contributed by atoms with Crippen LogP contribution in [0.25, 0.3) is 11.0 Å². The van der Waals surface area contributed by atoms with Crippen molar-refractivity contribution in [1.29, 1.82) is 5.41 Å². The molecule has 0 saturated heterocycles. The number of benzene rings is 2. The number of ether oxygens (including phenoxy) is 1. The van der Waals surface area contributed by atoms with E-state index in [0.717, 1.165) is 16.8 Å². The average molecular weight is 417 g/mol. The zero-order valence-corrected chi connectivity index (χ0v) is 15.6. The largest absolute Gasteiger partial charge is 0.492 e. The smallest absolute Gasteiger partial charge is 0.202 e. The van der Waals surface area contributed by atoms with Crippen molar-refractivity contribution in [3.8, 4) is 5.75 Å². The Morgan fingerprint density at radius 1 is 1.09 bits per heavy atom. The molecular weight excluding hydrogens is 401 g/mol. The number of para-hydroxylation sites is 1. The molecule has 0 fully saturated rings. The van der Waals surface area contributed by atoms with Crippen LogP contribution in [0.5, 0.6) is 5.75 Å². The molecule has 1 aromatic heterocycles. The number of nitrogens with one attached hydrogen (secondary N) is 1. The summed E-state index contributed by atoms with van der Waals surface area (Å²) in [5, 5.41) is 9.54. The normalized spacial score (nSPS) is 10.6. The predicted molar refractivity (Wildman–Crippen MR) is 99.0 cm³/mol. The maximum atomic E-state index is 8.23. The highest BCUT2D eigenvalue weighted by Crippen LogP contribution is 2.22. The van der Waals surface area contributed by atoms with Crippen LogP contribution >= 0.6 is 40.2 Å². The molecule has 0 radical (unpaired) electrons. The van der Waals surface area contributed by atoms with Crippen molar-refractivity contribution < 1.29 is 4.74 Å². The number of aryl methyl sites for hydroxylation is 1. The lowest BCUT2D eigenvalue weighted by Crippen LogP contribution is -2.25. The van der Waals surface area contributed by atoms with Gasteiger partial charge in [-0.25, -0.2) is 0 Å². The minimum Gasteiger partial charge on any atom is -0.492 e. The predicted octanol–water partition coefficient (Wildman–Crippen LogP) is 4.42. The maximum Gasteiger partial charge on any atom is 0.202 e. The van der Waals surface area contributed by atoms with E-state index in [1.807, 2.05) is 46.5 Å². The number of aromatic nitrogens is 2. The van der Waals surface area contributed by atoms with Gasteiger partial charge in [0.1, 0.15) is 12.4 Å². The van der Waals surface area contributed by atoms with E-state index in [2.05, 4.69) is 0 Å². The second-order valence-corrected chi connectivity index (χ2v) is 5.79. The summed E-state index contributed by atoms with van der Waals surface area (Å²) < 4.78 is 9.37. The highest BCUT2D eigenvalue weighted by atomic mass is 79.9. The molecule has 4 nitrogen and oxygen atoms in total. The van der Waals surface area contributed by atoms with Gasteiger partial charge in [0.25, 0.3) is 0 Å². The summed E-state index contributed by atoms with van der Waals surface area (Å²) in [6, 6.07) is 12.9. The Kier molecular flexibility index (Phi) is 5.79. The molecule has 0 aliphatic heterocycles. The molecule has 0 bridgehead atoms. The fourth-order valence-corrected chi connectivity index (χ4v) is 2.84. The molecule has 3 rings (SSSR count). The van der Waals surface area contributed by atoms with Crippen LogP contribution in [-0.2, 0) is 13.6 Å². The van der Waals surface area contributed by atoms with E-state index in [0.29, 0.717) is 28.8 Å². The number of hydrogen-bond acceptors (Lipinski definition) is 2. The molecule has 1 heterocycles. The van der Waals surface area contributed by atoms with E-state index in [9.17, 15) is 0 Å². The minimum atomic E-state index is 0. The van der Waals surface area contributed by atoms with Crippen molar-refractivity contribution in [2.75, 3.05) is 6.61 Å². The first-order valence-corrected chi connectivity index (χ1v) is 7.60. The molecule has 0 amide bonds. The van der Waals surface area contributed by atoms with Gasteiger partial charge in [-0.05, 0) is 36.4 Å². The fraction of sp³-hybridized carbons (Fsp3) is 0.188. The molecule has 1 N–H and O–H groups in total. The lowest BCUT2D eigenvalue weighted by molar-refractivity contribution is 0.297. The van der Waals surface area contributed by atoms with Crippen molar-refractivity contribution in [3.63, 3.8) is 0 Å². The molecular formula is C16H16BrCl2N3O. The lowest BCUT2D eigenvalue weighted by Gasteiger charge is -2.08. The topological polar surface area (TPSA) is 42.9 Å². The van der Waals surface area contributed by atoms with Crippen LogP contribution in [0, 0.1) is 5.41 Å². The number of fused-ring (bicyclic) bond motifs is 1. The monoisotopic (exact) mass is 415 g/mol. The summed E-state index contributed by atoms with van der Waals surface area (Å²) in [6.45, 7) is 0.991. The molecule has 0 aliphatic carbocycles. The van der Waals surface area contributed by atoms with Gasteiger partial charge in [-0.2, -0.15) is 0 Å². The Morgan fingerprint density at radius 2 is 1.78 bits per heavy atom. The minimum absolute atomic E-state index is 0. The van der Waals surface area contributed by atoms with Gasteiger partial charge in [0.15, 0.2) is 0 Å². The van der Waals surface area contributed by atoms with Crippen LogP contribution in [0.1, 0.15) is 0 Å². The lowest BCUT2D eigenvalue weighted by atomic mass is 10.3. The van der Waals surface area contributed by atoms with Gasteiger partial charge in [-0.3, -0.25) is 5.41 Å². The van der Waals surface area contributed by atoms with Gasteiger partial charge >= 0.3 is 0 Å². The maximum absolute atomic E-state index is 8.23. The number of halogens is 3.